The first-order chi connectivity index (χ1) is 17.4. The summed E-state index contributed by atoms with van der Waals surface area (Å²) < 4.78 is 62.0. The predicted octanol–water partition coefficient (Wildman–Crippen LogP) is 8.85. The summed E-state index contributed by atoms with van der Waals surface area (Å²) in [6, 6.07) is 7.66. The average molecular weight is 499 g/mol. The van der Waals surface area contributed by atoms with Crippen LogP contribution in [0, 0.1) is 35.1 Å². The SMILES string of the molecule is C=CC1CCC(C2CCC(c3ccc(C4=CCC(c5cc(F)c(F)c(F)c5)CC4)c(F)c3)CO2)CC1. The van der Waals surface area contributed by atoms with Crippen LogP contribution in [-0.2, 0) is 4.74 Å². The van der Waals surface area contributed by atoms with Crippen LogP contribution in [0.1, 0.15) is 86.3 Å². The van der Waals surface area contributed by atoms with Crippen molar-refractivity contribution < 1.29 is 22.3 Å². The molecular weight excluding hydrogens is 464 g/mol. The third-order valence-corrected chi connectivity index (χ3v) is 8.69. The van der Waals surface area contributed by atoms with Crippen LogP contribution in [-0.4, -0.2) is 12.7 Å². The Morgan fingerprint density at radius 1 is 0.778 bits per heavy atom. The van der Waals surface area contributed by atoms with Gasteiger partial charge in [-0.2, -0.15) is 0 Å². The number of ether oxygens (including phenoxy) is 1. The number of hydrogen-bond acceptors (Lipinski definition) is 1. The van der Waals surface area contributed by atoms with E-state index in [-0.39, 0.29) is 17.7 Å². The van der Waals surface area contributed by atoms with Gasteiger partial charge in [0.15, 0.2) is 17.5 Å². The second-order valence-corrected chi connectivity index (χ2v) is 10.8. The van der Waals surface area contributed by atoms with Gasteiger partial charge in [0.25, 0.3) is 0 Å². The molecule has 2 aliphatic carbocycles. The van der Waals surface area contributed by atoms with Gasteiger partial charge in [0, 0.05) is 11.5 Å². The van der Waals surface area contributed by atoms with Gasteiger partial charge in [0.05, 0.1) is 12.7 Å². The van der Waals surface area contributed by atoms with Gasteiger partial charge in [-0.3, -0.25) is 0 Å². The van der Waals surface area contributed by atoms with Gasteiger partial charge in [-0.1, -0.05) is 24.3 Å². The van der Waals surface area contributed by atoms with Gasteiger partial charge in [-0.25, -0.2) is 17.6 Å². The summed E-state index contributed by atoms with van der Waals surface area (Å²) in [6.45, 7) is 4.57. The normalized spacial score (nSPS) is 29.0. The van der Waals surface area contributed by atoms with E-state index in [1.54, 1.807) is 6.07 Å². The highest BCUT2D eigenvalue weighted by Crippen LogP contribution is 2.40. The average Bonchev–Trinajstić information content (AvgIpc) is 2.92. The van der Waals surface area contributed by atoms with Crippen molar-refractivity contribution in [3.8, 4) is 0 Å². The van der Waals surface area contributed by atoms with Crippen LogP contribution in [0.2, 0.25) is 0 Å². The molecule has 1 saturated heterocycles. The molecule has 1 saturated carbocycles. The summed E-state index contributed by atoms with van der Waals surface area (Å²) in [6.07, 6.45) is 13.0. The van der Waals surface area contributed by atoms with Crippen LogP contribution >= 0.6 is 0 Å². The molecular formula is C31H34F4O. The van der Waals surface area contributed by atoms with Crippen molar-refractivity contribution in [3.63, 3.8) is 0 Å². The fraction of sp³-hybridized carbons (Fsp3) is 0.484. The van der Waals surface area contributed by atoms with Crippen LogP contribution in [0.5, 0.6) is 0 Å². The number of halogens is 4. The maximum atomic E-state index is 15.2. The number of benzene rings is 2. The molecule has 1 heterocycles. The van der Waals surface area contributed by atoms with Crippen molar-refractivity contribution in [1.29, 1.82) is 0 Å². The molecule has 0 aromatic heterocycles. The van der Waals surface area contributed by atoms with Crippen molar-refractivity contribution in [1.82, 2.24) is 0 Å². The van der Waals surface area contributed by atoms with E-state index in [1.165, 1.54) is 25.7 Å². The molecule has 0 amide bonds. The minimum Gasteiger partial charge on any atom is -0.377 e. The molecule has 3 aliphatic rings. The molecule has 2 fully saturated rings. The first kappa shape index (κ1) is 25.3. The van der Waals surface area contributed by atoms with Crippen molar-refractivity contribution in [2.24, 2.45) is 11.8 Å². The number of allylic oxidation sites excluding steroid dienone is 3. The highest BCUT2D eigenvalue weighted by molar-refractivity contribution is 5.67. The Morgan fingerprint density at radius 2 is 1.50 bits per heavy atom. The van der Waals surface area contributed by atoms with E-state index in [0.29, 0.717) is 54.9 Å². The van der Waals surface area contributed by atoms with Crippen LogP contribution in [0.4, 0.5) is 17.6 Å². The molecule has 1 aliphatic heterocycles. The summed E-state index contributed by atoms with van der Waals surface area (Å²) in [7, 11) is 0. The molecule has 2 aromatic carbocycles. The summed E-state index contributed by atoms with van der Waals surface area (Å²) in [5, 5.41) is 0. The molecule has 1 nitrogen and oxygen atoms in total. The summed E-state index contributed by atoms with van der Waals surface area (Å²) in [5.41, 5.74) is 2.93. The maximum Gasteiger partial charge on any atom is 0.194 e. The zero-order chi connectivity index (χ0) is 25.2. The van der Waals surface area contributed by atoms with Gasteiger partial charge >= 0.3 is 0 Å². The van der Waals surface area contributed by atoms with E-state index in [9.17, 15) is 13.2 Å². The molecule has 192 valence electrons. The lowest BCUT2D eigenvalue weighted by molar-refractivity contribution is -0.0419. The Bertz CT molecular complexity index is 1100. The lowest BCUT2D eigenvalue weighted by atomic mass is 9.77. The van der Waals surface area contributed by atoms with Crippen LogP contribution in [0.3, 0.4) is 0 Å². The molecule has 0 bridgehead atoms. The van der Waals surface area contributed by atoms with Crippen molar-refractivity contribution >= 4 is 5.57 Å². The Morgan fingerprint density at radius 3 is 2.08 bits per heavy atom. The van der Waals surface area contributed by atoms with Crippen molar-refractivity contribution in [3.05, 3.63) is 89.0 Å². The van der Waals surface area contributed by atoms with Crippen LogP contribution in [0.25, 0.3) is 5.57 Å². The van der Waals surface area contributed by atoms with Gasteiger partial charge in [-0.05, 0) is 110 Å². The highest BCUT2D eigenvalue weighted by atomic mass is 19.2. The predicted molar refractivity (Wildman–Crippen MR) is 135 cm³/mol. The van der Waals surface area contributed by atoms with Gasteiger partial charge in [0.2, 0.25) is 0 Å². The van der Waals surface area contributed by atoms with E-state index >= 15 is 4.39 Å². The van der Waals surface area contributed by atoms with E-state index in [0.717, 1.165) is 36.1 Å². The monoisotopic (exact) mass is 498 g/mol. The molecule has 0 spiro atoms. The second-order valence-electron chi connectivity index (χ2n) is 10.8. The minimum absolute atomic E-state index is 0.111. The van der Waals surface area contributed by atoms with Gasteiger partial charge in [-0.15, -0.1) is 6.58 Å². The topological polar surface area (TPSA) is 9.23 Å². The third kappa shape index (κ3) is 5.32. The van der Waals surface area contributed by atoms with E-state index in [4.69, 9.17) is 4.74 Å². The largest absolute Gasteiger partial charge is 0.377 e. The Balaban J connectivity index is 1.19. The van der Waals surface area contributed by atoms with Crippen LogP contribution in [0.15, 0.2) is 49.1 Å². The van der Waals surface area contributed by atoms with Gasteiger partial charge < -0.3 is 4.74 Å². The summed E-state index contributed by atoms with van der Waals surface area (Å²) in [5.74, 6) is -2.63. The highest BCUT2D eigenvalue weighted by Gasteiger charge is 2.32. The molecule has 36 heavy (non-hydrogen) atoms. The van der Waals surface area contributed by atoms with Crippen molar-refractivity contribution in [2.75, 3.05) is 6.61 Å². The van der Waals surface area contributed by atoms with Crippen molar-refractivity contribution in [2.45, 2.75) is 75.7 Å². The fourth-order valence-corrected chi connectivity index (χ4v) is 6.40. The fourth-order valence-electron chi connectivity index (χ4n) is 6.40. The van der Waals surface area contributed by atoms with E-state index in [2.05, 4.69) is 12.7 Å². The Labute approximate surface area is 211 Å². The Kier molecular flexibility index (Phi) is 7.66. The van der Waals surface area contributed by atoms with E-state index < -0.39 is 17.5 Å². The zero-order valence-corrected chi connectivity index (χ0v) is 20.6. The smallest absolute Gasteiger partial charge is 0.194 e. The molecule has 3 unspecified atom stereocenters. The minimum atomic E-state index is -1.44. The second kappa shape index (κ2) is 10.9. The molecule has 2 aromatic rings. The number of rotatable bonds is 5. The Hall–Kier alpha value is -2.40. The van der Waals surface area contributed by atoms with Crippen LogP contribution < -0.4 is 0 Å². The summed E-state index contributed by atoms with van der Waals surface area (Å²) in [4.78, 5) is 0. The molecule has 0 N–H and O–H groups in total. The molecule has 0 radical (unpaired) electrons. The molecule has 3 atom stereocenters. The third-order valence-electron chi connectivity index (χ3n) is 8.69. The van der Waals surface area contributed by atoms with Gasteiger partial charge in [0.1, 0.15) is 5.82 Å². The first-order valence-electron chi connectivity index (χ1n) is 13.3. The standard InChI is InChI=1S/C31H34F4O/c1-2-19-3-5-22(6-4-19)30-14-12-24(18-36-30)23-11-13-26(27(32)15-23)21-9-7-20(8-10-21)25-16-28(33)31(35)29(34)17-25/h2,9,11,13,15-17,19-20,22,24,30H,1,3-8,10,12,14,18H2. The van der Waals surface area contributed by atoms with E-state index in [1.807, 2.05) is 18.2 Å². The first-order valence-corrected chi connectivity index (χ1v) is 13.3. The molecule has 5 heteroatoms. The maximum absolute atomic E-state index is 15.2. The number of hydrogen-bond donors (Lipinski definition) is 0. The summed E-state index contributed by atoms with van der Waals surface area (Å²) >= 11 is 0. The zero-order valence-electron chi connectivity index (χ0n) is 20.6. The quantitative estimate of drug-likeness (QED) is 0.227. The molecule has 5 rings (SSSR count). The lowest BCUT2D eigenvalue weighted by Crippen LogP contribution is -2.33. The lowest BCUT2D eigenvalue weighted by Gasteiger charge is -2.37.